The van der Waals surface area contributed by atoms with Gasteiger partial charge in [0.25, 0.3) is 0 Å². The van der Waals surface area contributed by atoms with Crippen LogP contribution in [0.25, 0.3) is 0 Å². The van der Waals surface area contributed by atoms with Crippen molar-refractivity contribution >= 4 is 11.9 Å². The molecule has 74 valence electrons. The molecule has 1 aliphatic rings. The van der Waals surface area contributed by atoms with Crippen LogP contribution in [-0.2, 0) is 23.8 Å². The minimum Gasteiger partial charge on any atom is -0.479 e. The van der Waals surface area contributed by atoms with Crippen molar-refractivity contribution in [2.45, 2.75) is 12.2 Å². The van der Waals surface area contributed by atoms with Crippen molar-refractivity contribution in [1.82, 2.24) is 0 Å². The predicted octanol–water partition coefficient (Wildman–Crippen LogP) is -0.972. The van der Waals surface area contributed by atoms with E-state index in [1.54, 1.807) is 0 Å². The Morgan fingerprint density at radius 1 is 1.31 bits per heavy atom. The van der Waals surface area contributed by atoms with Gasteiger partial charge in [0.2, 0.25) is 0 Å². The molecule has 0 unspecified atom stereocenters. The molecule has 0 amide bonds. The third-order valence-electron chi connectivity index (χ3n) is 1.64. The third kappa shape index (κ3) is 2.40. The smallest absolute Gasteiger partial charge is 0.337 e. The van der Waals surface area contributed by atoms with Gasteiger partial charge in [-0.3, -0.25) is 0 Å². The van der Waals surface area contributed by atoms with Crippen molar-refractivity contribution in [1.29, 1.82) is 0 Å². The van der Waals surface area contributed by atoms with E-state index in [1.807, 2.05) is 0 Å². The normalized spacial score (nSPS) is 28.1. The zero-order chi connectivity index (χ0) is 9.84. The molecule has 0 aliphatic carbocycles. The monoisotopic (exact) mass is 190 g/mol. The molecule has 0 radical (unpaired) electrons. The first-order chi connectivity index (χ1) is 6.15. The number of carboxylic acid groups (broad SMARTS) is 1. The standard InChI is InChI=1S/C7H10O6/c1-11-7(10)5-3-12-4(2-13-5)6(8)9/h4-5H,2-3H2,1H3,(H,8,9)/t4-,5+/m0/s1. The summed E-state index contributed by atoms with van der Waals surface area (Å²) in [5, 5.41) is 8.50. The summed E-state index contributed by atoms with van der Waals surface area (Å²) in [5.74, 6) is -1.65. The summed E-state index contributed by atoms with van der Waals surface area (Å²) in [7, 11) is 1.23. The van der Waals surface area contributed by atoms with Gasteiger partial charge < -0.3 is 19.3 Å². The Hall–Kier alpha value is -1.14. The van der Waals surface area contributed by atoms with Gasteiger partial charge in [0.05, 0.1) is 20.3 Å². The molecular formula is C7H10O6. The lowest BCUT2D eigenvalue weighted by atomic mass is 10.3. The van der Waals surface area contributed by atoms with E-state index in [4.69, 9.17) is 14.6 Å². The zero-order valence-electron chi connectivity index (χ0n) is 7.06. The molecule has 1 rings (SSSR count). The highest BCUT2D eigenvalue weighted by Gasteiger charge is 2.31. The van der Waals surface area contributed by atoms with Crippen LogP contribution in [-0.4, -0.2) is 49.6 Å². The van der Waals surface area contributed by atoms with Gasteiger partial charge in [-0.2, -0.15) is 0 Å². The number of methoxy groups -OCH3 is 1. The molecule has 1 aliphatic heterocycles. The van der Waals surface area contributed by atoms with E-state index in [0.29, 0.717) is 0 Å². The molecule has 0 bridgehead atoms. The quantitative estimate of drug-likeness (QED) is 0.564. The summed E-state index contributed by atoms with van der Waals surface area (Å²) in [6, 6.07) is 0. The first-order valence-electron chi connectivity index (χ1n) is 3.69. The fourth-order valence-electron chi connectivity index (χ4n) is 0.913. The predicted molar refractivity (Wildman–Crippen MR) is 39.1 cm³/mol. The fraction of sp³-hybridized carbons (Fsp3) is 0.714. The lowest BCUT2D eigenvalue weighted by Crippen LogP contribution is -2.44. The highest BCUT2D eigenvalue weighted by Crippen LogP contribution is 2.08. The van der Waals surface area contributed by atoms with E-state index in [0.717, 1.165) is 0 Å². The topological polar surface area (TPSA) is 82.1 Å². The van der Waals surface area contributed by atoms with E-state index in [1.165, 1.54) is 7.11 Å². The van der Waals surface area contributed by atoms with Crippen molar-refractivity contribution in [3.05, 3.63) is 0 Å². The fourth-order valence-corrected chi connectivity index (χ4v) is 0.913. The van der Waals surface area contributed by atoms with Gasteiger partial charge in [-0.05, 0) is 0 Å². The van der Waals surface area contributed by atoms with Crippen LogP contribution >= 0.6 is 0 Å². The van der Waals surface area contributed by atoms with E-state index in [-0.39, 0.29) is 13.2 Å². The minimum absolute atomic E-state index is 0.0797. The highest BCUT2D eigenvalue weighted by molar-refractivity contribution is 5.76. The van der Waals surface area contributed by atoms with E-state index >= 15 is 0 Å². The van der Waals surface area contributed by atoms with Gasteiger partial charge in [-0.1, -0.05) is 0 Å². The van der Waals surface area contributed by atoms with E-state index < -0.39 is 24.1 Å². The molecule has 0 aromatic carbocycles. The largest absolute Gasteiger partial charge is 0.479 e. The van der Waals surface area contributed by atoms with Crippen molar-refractivity contribution < 1.29 is 28.9 Å². The van der Waals surface area contributed by atoms with Gasteiger partial charge >= 0.3 is 11.9 Å². The van der Waals surface area contributed by atoms with Crippen LogP contribution in [0.3, 0.4) is 0 Å². The van der Waals surface area contributed by atoms with Crippen LogP contribution in [0.2, 0.25) is 0 Å². The lowest BCUT2D eigenvalue weighted by Gasteiger charge is -2.25. The number of carboxylic acids is 1. The molecule has 1 saturated heterocycles. The Labute approximate surface area is 74.4 Å². The molecule has 0 spiro atoms. The molecule has 13 heavy (non-hydrogen) atoms. The van der Waals surface area contributed by atoms with Crippen molar-refractivity contribution in [2.75, 3.05) is 20.3 Å². The zero-order valence-corrected chi connectivity index (χ0v) is 7.06. The maximum Gasteiger partial charge on any atom is 0.337 e. The maximum atomic E-state index is 10.9. The maximum absolute atomic E-state index is 10.9. The van der Waals surface area contributed by atoms with Crippen LogP contribution in [0, 0.1) is 0 Å². The number of hydrogen-bond acceptors (Lipinski definition) is 5. The summed E-state index contributed by atoms with van der Waals surface area (Å²) in [6.45, 7) is -0.210. The second-order valence-electron chi connectivity index (χ2n) is 2.51. The second kappa shape index (κ2) is 4.20. The summed E-state index contributed by atoms with van der Waals surface area (Å²) < 4.78 is 14.2. The Morgan fingerprint density at radius 2 is 1.85 bits per heavy atom. The highest BCUT2D eigenvalue weighted by atomic mass is 16.6. The van der Waals surface area contributed by atoms with Gasteiger partial charge in [0.15, 0.2) is 12.2 Å². The molecule has 6 nitrogen and oxygen atoms in total. The van der Waals surface area contributed by atoms with Crippen LogP contribution in [0.4, 0.5) is 0 Å². The van der Waals surface area contributed by atoms with Gasteiger partial charge in [0.1, 0.15) is 0 Å². The number of aliphatic carboxylic acids is 1. The average Bonchev–Trinajstić information content (AvgIpc) is 2.17. The molecule has 2 atom stereocenters. The number of ether oxygens (including phenoxy) is 3. The summed E-state index contributed by atoms with van der Waals surface area (Å²) in [6.07, 6.45) is -1.79. The van der Waals surface area contributed by atoms with Gasteiger partial charge in [-0.15, -0.1) is 0 Å². The summed E-state index contributed by atoms with van der Waals surface area (Å²) in [4.78, 5) is 21.2. The molecular weight excluding hydrogens is 180 g/mol. The molecule has 0 aromatic rings. The SMILES string of the molecule is COC(=O)[C@H]1CO[C@H](C(=O)O)CO1. The number of esters is 1. The molecule has 0 aromatic heterocycles. The van der Waals surface area contributed by atoms with Crippen molar-refractivity contribution in [3.8, 4) is 0 Å². The van der Waals surface area contributed by atoms with Gasteiger partial charge in [0, 0.05) is 0 Å². The number of carbonyl (C=O) groups excluding carboxylic acids is 1. The van der Waals surface area contributed by atoms with Crippen LogP contribution in [0.5, 0.6) is 0 Å². The molecule has 6 heteroatoms. The van der Waals surface area contributed by atoms with Gasteiger partial charge in [-0.25, -0.2) is 9.59 Å². The van der Waals surface area contributed by atoms with Crippen LogP contribution < -0.4 is 0 Å². The van der Waals surface area contributed by atoms with Crippen LogP contribution in [0.15, 0.2) is 0 Å². The number of hydrogen-bond donors (Lipinski definition) is 1. The van der Waals surface area contributed by atoms with Crippen molar-refractivity contribution in [3.63, 3.8) is 0 Å². The minimum atomic E-state index is -1.09. The first kappa shape index (κ1) is 9.94. The Balaban J connectivity index is 2.39. The summed E-state index contributed by atoms with van der Waals surface area (Å²) in [5.41, 5.74) is 0. The lowest BCUT2D eigenvalue weighted by molar-refractivity contribution is -0.189. The van der Waals surface area contributed by atoms with E-state index in [2.05, 4.69) is 4.74 Å². The Kier molecular flexibility index (Phi) is 3.21. The van der Waals surface area contributed by atoms with Crippen molar-refractivity contribution in [2.24, 2.45) is 0 Å². The number of rotatable bonds is 2. The first-order valence-corrected chi connectivity index (χ1v) is 3.69. The second-order valence-corrected chi connectivity index (χ2v) is 2.51. The summed E-state index contributed by atoms with van der Waals surface area (Å²) >= 11 is 0. The van der Waals surface area contributed by atoms with E-state index in [9.17, 15) is 9.59 Å². The third-order valence-corrected chi connectivity index (χ3v) is 1.64. The molecule has 1 N–H and O–H groups in total. The molecule has 0 saturated carbocycles. The Morgan fingerprint density at radius 3 is 2.23 bits per heavy atom. The van der Waals surface area contributed by atoms with Crippen LogP contribution in [0.1, 0.15) is 0 Å². The number of carbonyl (C=O) groups is 2. The Bertz CT molecular complexity index is 205. The molecule has 1 fully saturated rings. The average molecular weight is 190 g/mol. The molecule has 1 heterocycles.